The number of nitrogens with zero attached hydrogens (tertiary/aromatic N) is 4. The summed E-state index contributed by atoms with van der Waals surface area (Å²) in [5.41, 5.74) is 1.87. The van der Waals surface area contributed by atoms with E-state index in [0.717, 1.165) is 11.8 Å². The molecular formula is C24H19ClF2N4O3S. The van der Waals surface area contributed by atoms with Gasteiger partial charge in [0.15, 0.2) is 5.16 Å². The minimum Gasteiger partial charge on any atom is -0.487 e. The van der Waals surface area contributed by atoms with Gasteiger partial charge in [0.05, 0.1) is 5.02 Å². The largest absolute Gasteiger partial charge is 0.487 e. The van der Waals surface area contributed by atoms with Crippen LogP contribution in [0.2, 0.25) is 5.02 Å². The van der Waals surface area contributed by atoms with Crippen molar-refractivity contribution in [1.29, 1.82) is 0 Å². The second-order valence-corrected chi connectivity index (χ2v) is 9.15. The molecule has 0 aliphatic rings. The topological polar surface area (TPSA) is 83.1 Å². The van der Waals surface area contributed by atoms with Crippen LogP contribution in [0, 0.1) is 28.7 Å². The van der Waals surface area contributed by atoms with Crippen molar-refractivity contribution >= 4 is 23.4 Å². The molecule has 0 unspecified atom stereocenters. The maximum Gasteiger partial charge on any atom is 0.220 e. The van der Waals surface area contributed by atoms with Crippen molar-refractivity contribution in [1.82, 2.24) is 14.8 Å². The Kier molecular flexibility index (Phi) is 7.62. The molecule has 1 heterocycles. The first-order valence-corrected chi connectivity index (χ1v) is 11.7. The molecule has 0 saturated carbocycles. The SMILES string of the molecule is Cc1nnc(S[C@H](C[N+](=O)[O-])c2ccc(OCc3cccc(F)c3)c(Cl)c2)n1-c1ccc(F)cc1. The Bertz CT molecular complexity index is 1350. The second-order valence-electron chi connectivity index (χ2n) is 7.57. The molecule has 0 bridgehead atoms. The van der Waals surface area contributed by atoms with E-state index in [2.05, 4.69) is 10.2 Å². The van der Waals surface area contributed by atoms with Crippen LogP contribution in [0.4, 0.5) is 8.78 Å². The van der Waals surface area contributed by atoms with Crippen LogP contribution in [-0.4, -0.2) is 26.2 Å². The molecule has 7 nitrogen and oxygen atoms in total. The summed E-state index contributed by atoms with van der Waals surface area (Å²) >= 11 is 7.57. The number of ether oxygens (including phenoxy) is 1. The summed E-state index contributed by atoms with van der Waals surface area (Å²) in [5.74, 6) is 0.179. The second kappa shape index (κ2) is 10.8. The van der Waals surface area contributed by atoms with Crippen molar-refractivity contribution in [2.45, 2.75) is 23.9 Å². The average Bonchev–Trinajstić information content (AvgIpc) is 3.18. The zero-order valence-corrected chi connectivity index (χ0v) is 20.0. The van der Waals surface area contributed by atoms with Gasteiger partial charge in [0, 0.05) is 10.6 Å². The maximum absolute atomic E-state index is 13.4. The molecule has 0 fully saturated rings. The average molecular weight is 517 g/mol. The van der Waals surface area contributed by atoms with Gasteiger partial charge in [-0.15, -0.1) is 10.2 Å². The number of rotatable bonds is 9. The lowest BCUT2D eigenvalue weighted by Gasteiger charge is -2.16. The molecule has 11 heteroatoms. The molecular weight excluding hydrogens is 498 g/mol. The molecule has 0 saturated heterocycles. The number of benzene rings is 3. The van der Waals surface area contributed by atoms with Crippen LogP contribution < -0.4 is 4.74 Å². The molecule has 35 heavy (non-hydrogen) atoms. The monoisotopic (exact) mass is 516 g/mol. The summed E-state index contributed by atoms with van der Waals surface area (Å²) in [5, 5.41) is 19.7. The minimum absolute atomic E-state index is 0.115. The molecule has 0 spiro atoms. The third kappa shape index (κ3) is 6.14. The van der Waals surface area contributed by atoms with Crippen LogP contribution in [0.5, 0.6) is 5.75 Å². The van der Waals surface area contributed by atoms with Gasteiger partial charge in [-0.05, 0) is 66.6 Å². The molecule has 0 amide bonds. The summed E-state index contributed by atoms with van der Waals surface area (Å²) < 4.78 is 34.2. The molecule has 0 radical (unpaired) electrons. The number of halogens is 3. The predicted molar refractivity (Wildman–Crippen MR) is 129 cm³/mol. The van der Waals surface area contributed by atoms with Crippen molar-refractivity contribution in [3.05, 3.63) is 110 Å². The van der Waals surface area contributed by atoms with Gasteiger partial charge in [-0.25, -0.2) is 8.78 Å². The molecule has 0 aliphatic carbocycles. The van der Waals surface area contributed by atoms with Crippen LogP contribution in [0.25, 0.3) is 5.69 Å². The lowest BCUT2D eigenvalue weighted by Crippen LogP contribution is -2.11. The summed E-state index contributed by atoms with van der Waals surface area (Å²) in [7, 11) is 0. The number of aryl methyl sites for hydroxylation is 1. The molecule has 180 valence electrons. The highest BCUT2D eigenvalue weighted by molar-refractivity contribution is 7.99. The summed E-state index contributed by atoms with van der Waals surface area (Å²) in [4.78, 5) is 11.0. The van der Waals surface area contributed by atoms with E-state index >= 15 is 0 Å². The first-order valence-electron chi connectivity index (χ1n) is 10.4. The Labute approximate surface area is 208 Å². The first kappa shape index (κ1) is 24.6. The lowest BCUT2D eigenvalue weighted by molar-refractivity contribution is -0.479. The highest BCUT2D eigenvalue weighted by atomic mass is 35.5. The summed E-state index contributed by atoms with van der Waals surface area (Å²) in [6, 6.07) is 16.8. The van der Waals surface area contributed by atoms with E-state index in [1.54, 1.807) is 54.0 Å². The van der Waals surface area contributed by atoms with Gasteiger partial charge in [0.25, 0.3) is 0 Å². The van der Waals surface area contributed by atoms with Gasteiger partial charge in [-0.1, -0.05) is 41.6 Å². The molecule has 0 N–H and O–H groups in total. The van der Waals surface area contributed by atoms with E-state index in [1.807, 2.05) is 0 Å². The van der Waals surface area contributed by atoms with Crippen LogP contribution in [0.1, 0.15) is 22.2 Å². The third-order valence-electron chi connectivity index (χ3n) is 5.05. The van der Waals surface area contributed by atoms with Crippen molar-refractivity contribution in [3.63, 3.8) is 0 Å². The third-order valence-corrected chi connectivity index (χ3v) is 6.53. The van der Waals surface area contributed by atoms with Gasteiger partial charge >= 0.3 is 0 Å². The highest BCUT2D eigenvalue weighted by Gasteiger charge is 2.24. The molecule has 3 aromatic carbocycles. The Hall–Kier alpha value is -3.50. The normalized spacial score (nSPS) is 11.9. The van der Waals surface area contributed by atoms with E-state index in [1.165, 1.54) is 24.3 Å². The summed E-state index contributed by atoms with van der Waals surface area (Å²) in [6.07, 6.45) is 0. The van der Waals surface area contributed by atoms with Gasteiger partial charge in [-0.3, -0.25) is 14.7 Å². The van der Waals surface area contributed by atoms with Gasteiger partial charge in [0.1, 0.15) is 35.1 Å². The fourth-order valence-corrected chi connectivity index (χ4v) is 4.81. The van der Waals surface area contributed by atoms with Crippen molar-refractivity contribution in [2.24, 2.45) is 0 Å². The predicted octanol–water partition coefficient (Wildman–Crippen LogP) is 6.20. The minimum atomic E-state index is -0.637. The fourth-order valence-electron chi connectivity index (χ4n) is 3.40. The van der Waals surface area contributed by atoms with Crippen molar-refractivity contribution in [2.75, 3.05) is 6.54 Å². The van der Waals surface area contributed by atoms with Crippen LogP contribution in [0.15, 0.2) is 71.9 Å². The van der Waals surface area contributed by atoms with Gasteiger partial charge in [0.2, 0.25) is 6.54 Å². The van der Waals surface area contributed by atoms with Crippen molar-refractivity contribution in [3.8, 4) is 11.4 Å². The Morgan fingerprint density at radius 2 is 1.86 bits per heavy atom. The smallest absolute Gasteiger partial charge is 0.220 e. The van der Waals surface area contributed by atoms with Crippen molar-refractivity contribution < 1.29 is 18.4 Å². The van der Waals surface area contributed by atoms with Crippen LogP contribution in [0.3, 0.4) is 0 Å². The standard InChI is InChI=1S/C24H19ClF2N4O3S/c1-15-28-29-24(31(15)20-8-6-18(26)7-9-20)35-23(13-30(32)33)17-5-10-22(21(25)12-17)34-14-16-3-2-4-19(27)11-16/h2-12,23H,13-14H2,1H3/t23-/m1/s1. The lowest BCUT2D eigenvalue weighted by atomic mass is 10.1. The Morgan fingerprint density at radius 1 is 1.09 bits per heavy atom. The van der Waals surface area contributed by atoms with E-state index in [9.17, 15) is 18.9 Å². The van der Waals surface area contributed by atoms with Crippen LogP contribution >= 0.6 is 23.4 Å². The highest BCUT2D eigenvalue weighted by Crippen LogP contribution is 2.38. The molecule has 1 aromatic heterocycles. The van der Waals surface area contributed by atoms with E-state index in [4.69, 9.17) is 16.3 Å². The molecule has 1 atom stereocenters. The Balaban J connectivity index is 1.57. The molecule has 4 aromatic rings. The zero-order valence-electron chi connectivity index (χ0n) is 18.4. The maximum atomic E-state index is 13.4. The van der Waals surface area contributed by atoms with E-state index in [-0.39, 0.29) is 29.8 Å². The van der Waals surface area contributed by atoms with Gasteiger partial charge in [-0.2, -0.15) is 0 Å². The fraction of sp³-hybridized carbons (Fsp3) is 0.167. The summed E-state index contributed by atoms with van der Waals surface area (Å²) in [6.45, 7) is 1.47. The van der Waals surface area contributed by atoms with Crippen LogP contribution in [-0.2, 0) is 6.61 Å². The Morgan fingerprint density at radius 3 is 2.54 bits per heavy atom. The number of hydrogen-bond donors (Lipinski definition) is 0. The number of hydrogen-bond acceptors (Lipinski definition) is 6. The van der Waals surface area contributed by atoms with Gasteiger partial charge < -0.3 is 4.74 Å². The van der Waals surface area contributed by atoms with E-state index in [0.29, 0.717) is 33.5 Å². The molecule has 0 aliphatic heterocycles. The first-order chi connectivity index (χ1) is 16.8. The zero-order chi connectivity index (χ0) is 24.9. The number of nitro groups is 1. The van der Waals surface area contributed by atoms with E-state index < -0.39 is 10.2 Å². The molecule has 4 rings (SSSR count). The number of thioether (sulfide) groups is 1. The quantitative estimate of drug-likeness (QED) is 0.150. The number of aromatic nitrogens is 3.